The number of nitrogens with zero attached hydrogens (tertiary/aromatic N) is 2. The van der Waals surface area contributed by atoms with Crippen LogP contribution in [0.15, 0.2) is 53.6 Å². The van der Waals surface area contributed by atoms with Crippen LogP contribution in [0.4, 0.5) is 24.5 Å². The number of carbonyl (C=O) groups is 3. The minimum absolute atomic E-state index is 0.00339. The second kappa shape index (κ2) is 10.3. The Labute approximate surface area is 196 Å². The topological polar surface area (TPSA) is 140 Å². The van der Waals surface area contributed by atoms with Crippen molar-refractivity contribution in [3.63, 3.8) is 0 Å². The molecule has 2 aromatic carbocycles. The van der Waals surface area contributed by atoms with Crippen molar-refractivity contribution in [1.82, 2.24) is 5.43 Å². The van der Waals surface area contributed by atoms with E-state index in [0.717, 1.165) is 24.4 Å². The van der Waals surface area contributed by atoms with Crippen LogP contribution in [0.1, 0.15) is 18.1 Å². The summed E-state index contributed by atoms with van der Waals surface area (Å²) in [4.78, 5) is 47.7. The summed E-state index contributed by atoms with van der Waals surface area (Å²) in [6.07, 6.45) is -3.47. The highest BCUT2D eigenvalue weighted by molar-refractivity contribution is 6.05. The molecule has 0 saturated heterocycles. The largest absolute Gasteiger partial charge is 0.466 e. The lowest BCUT2D eigenvalue weighted by Crippen LogP contribution is -2.24. The van der Waals surface area contributed by atoms with Crippen molar-refractivity contribution in [2.75, 3.05) is 11.9 Å². The maximum absolute atomic E-state index is 12.9. The average molecular weight is 492 g/mol. The Morgan fingerprint density at radius 1 is 1.09 bits per heavy atom. The number of non-ortho nitro benzene ring substituents is 1. The quantitative estimate of drug-likeness (QED) is 0.251. The number of hydrogen-bond donors (Lipinski definition) is 2. The van der Waals surface area contributed by atoms with Gasteiger partial charge in [0.2, 0.25) is 11.8 Å². The molecule has 3 rings (SSSR count). The third-order valence-electron chi connectivity index (χ3n) is 5.11. The van der Waals surface area contributed by atoms with Gasteiger partial charge >= 0.3 is 12.1 Å². The van der Waals surface area contributed by atoms with Crippen LogP contribution in [0.3, 0.4) is 0 Å². The molecule has 0 bridgehead atoms. The van der Waals surface area contributed by atoms with Gasteiger partial charge in [-0.25, -0.2) is 5.43 Å². The van der Waals surface area contributed by atoms with Crippen LogP contribution in [0.2, 0.25) is 0 Å². The normalized spacial score (nSPS) is 19.1. The Balaban J connectivity index is 1.70. The molecule has 3 unspecified atom stereocenters. The molecule has 1 saturated carbocycles. The van der Waals surface area contributed by atoms with Gasteiger partial charge in [-0.05, 0) is 25.1 Å². The van der Waals surface area contributed by atoms with Crippen LogP contribution >= 0.6 is 0 Å². The average Bonchev–Trinajstić information content (AvgIpc) is 3.55. The van der Waals surface area contributed by atoms with Crippen molar-refractivity contribution in [3.8, 4) is 0 Å². The summed E-state index contributed by atoms with van der Waals surface area (Å²) in [6.45, 7) is 1.53. The highest BCUT2D eigenvalue weighted by Crippen LogP contribution is 2.48. The maximum atomic E-state index is 12.9. The molecule has 184 valence electrons. The number of benzene rings is 2. The van der Waals surface area contributed by atoms with E-state index in [1.54, 1.807) is 0 Å². The summed E-state index contributed by atoms with van der Waals surface area (Å²) in [5.41, 5.74) is 1.18. The molecule has 0 radical (unpaired) electrons. The van der Waals surface area contributed by atoms with Crippen LogP contribution in [-0.4, -0.2) is 35.5 Å². The number of nitro benzene ring substituents is 1. The Hall–Kier alpha value is -4.29. The highest BCUT2D eigenvalue weighted by Gasteiger charge is 2.63. The smallest absolute Gasteiger partial charge is 0.416 e. The molecule has 1 fully saturated rings. The molecule has 13 heteroatoms. The first-order valence-electron chi connectivity index (χ1n) is 10.2. The summed E-state index contributed by atoms with van der Waals surface area (Å²) in [5, 5.41) is 16.8. The van der Waals surface area contributed by atoms with E-state index < -0.39 is 52.2 Å². The van der Waals surface area contributed by atoms with E-state index in [0.29, 0.717) is 5.56 Å². The first-order valence-corrected chi connectivity index (χ1v) is 10.2. The number of nitro groups is 1. The summed E-state index contributed by atoms with van der Waals surface area (Å²) >= 11 is 0. The minimum Gasteiger partial charge on any atom is -0.466 e. The standard InChI is InChI=1S/C22H19F3N4O6/c1-2-35-21(32)18-16(19(30)27-14-7-4-6-13(10-14)22(23,24)25)17(18)20(31)28-26-11-12-5-3-8-15(9-12)29(33)34/h3-11,16-18H,2H2,1H3,(H,27,30)(H,28,31)/b26-11+. The number of halogens is 3. The fourth-order valence-corrected chi connectivity index (χ4v) is 3.46. The maximum Gasteiger partial charge on any atom is 0.416 e. The van der Waals surface area contributed by atoms with Gasteiger partial charge in [-0.15, -0.1) is 0 Å². The van der Waals surface area contributed by atoms with Gasteiger partial charge in [0.05, 0.1) is 41.1 Å². The molecule has 1 aliphatic rings. The Kier molecular flexibility index (Phi) is 7.47. The monoisotopic (exact) mass is 492 g/mol. The molecule has 2 aromatic rings. The molecule has 35 heavy (non-hydrogen) atoms. The predicted octanol–water partition coefficient (Wildman–Crippen LogP) is 3.13. The van der Waals surface area contributed by atoms with Crippen LogP contribution < -0.4 is 10.7 Å². The summed E-state index contributed by atoms with van der Waals surface area (Å²) in [7, 11) is 0. The number of hydrogen-bond acceptors (Lipinski definition) is 7. The molecule has 0 heterocycles. The van der Waals surface area contributed by atoms with E-state index in [1.807, 2.05) is 0 Å². The van der Waals surface area contributed by atoms with Gasteiger partial charge in [0.1, 0.15) is 0 Å². The molecular formula is C22H19F3N4O6. The second-order valence-corrected chi connectivity index (χ2v) is 7.48. The van der Waals surface area contributed by atoms with Crippen molar-refractivity contribution >= 4 is 35.4 Å². The molecule has 3 atom stereocenters. The predicted molar refractivity (Wildman–Crippen MR) is 116 cm³/mol. The van der Waals surface area contributed by atoms with Crippen LogP contribution in [-0.2, 0) is 25.3 Å². The van der Waals surface area contributed by atoms with Gasteiger partial charge in [0.15, 0.2) is 0 Å². The molecule has 2 amide bonds. The minimum atomic E-state index is -4.62. The number of esters is 1. The van der Waals surface area contributed by atoms with Crippen molar-refractivity contribution in [1.29, 1.82) is 0 Å². The zero-order chi connectivity index (χ0) is 25.8. The molecule has 2 N–H and O–H groups in total. The van der Waals surface area contributed by atoms with Gasteiger partial charge in [0.25, 0.3) is 5.69 Å². The second-order valence-electron chi connectivity index (χ2n) is 7.48. The highest BCUT2D eigenvalue weighted by atomic mass is 19.4. The van der Waals surface area contributed by atoms with Crippen LogP contribution in [0, 0.1) is 27.9 Å². The number of anilines is 1. The van der Waals surface area contributed by atoms with Gasteiger partial charge in [0, 0.05) is 23.4 Å². The third kappa shape index (κ3) is 6.19. The first kappa shape index (κ1) is 25.3. The molecule has 0 aliphatic heterocycles. The zero-order valence-corrected chi connectivity index (χ0v) is 18.1. The Morgan fingerprint density at radius 2 is 1.77 bits per heavy atom. The summed E-state index contributed by atoms with van der Waals surface area (Å²) < 4.78 is 43.7. The van der Waals surface area contributed by atoms with Crippen molar-refractivity contribution < 1.29 is 37.2 Å². The van der Waals surface area contributed by atoms with Crippen LogP contribution in [0.5, 0.6) is 0 Å². The number of rotatable bonds is 8. The van der Waals surface area contributed by atoms with E-state index in [4.69, 9.17) is 4.74 Å². The SMILES string of the molecule is CCOC(=O)C1C(C(=O)N/N=C/c2cccc([N+](=O)[O-])c2)C1C(=O)Nc1cccc(C(F)(F)F)c1. The van der Waals surface area contributed by atoms with E-state index in [1.165, 1.54) is 37.3 Å². The fourth-order valence-electron chi connectivity index (χ4n) is 3.46. The number of nitrogens with one attached hydrogen (secondary N) is 2. The molecule has 10 nitrogen and oxygen atoms in total. The number of ether oxygens (including phenoxy) is 1. The zero-order valence-electron chi connectivity index (χ0n) is 18.1. The number of amides is 2. The summed E-state index contributed by atoms with van der Waals surface area (Å²) in [5.74, 6) is -5.92. The summed E-state index contributed by atoms with van der Waals surface area (Å²) in [6, 6.07) is 9.35. The third-order valence-corrected chi connectivity index (χ3v) is 5.11. The lowest BCUT2D eigenvalue weighted by molar-refractivity contribution is -0.384. The first-order chi connectivity index (χ1) is 16.5. The number of alkyl halides is 3. The Morgan fingerprint density at radius 3 is 2.43 bits per heavy atom. The molecule has 1 aliphatic carbocycles. The Bertz CT molecular complexity index is 1180. The van der Waals surface area contributed by atoms with Crippen LogP contribution in [0.25, 0.3) is 0 Å². The van der Waals surface area contributed by atoms with Crippen molar-refractivity contribution in [3.05, 3.63) is 69.8 Å². The lowest BCUT2D eigenvalue weighted by atomic mass is 10.2. The fraction of sp³-hybridized carbons (Fsp3) is 0.273. The van der Waals surface area contributed by atoms with E-state index in [2.05, 4.69) is 15.8 Å². The van der Waals surface area contributed by atoms with E-state index >= 15 is 0 Å². The van der Waals surface area contributed by atoms with Gasteiger partial charge < -0.3 is 10.1 Å². The molecule has 0 aromatic heterocycles. The van der Waals surface area contributed by atoms with Crippen molar-refractivity contribution in [2.45, 2.75) is 13.1 Å². The lowest BCUT2D eigenvalue weighted by Gasteiger charge is -2.10. The van der Waals surface area contributed by atoms with Crippen molar-refractivity contribution in [2.24, 2.45) is 22.9 Å². The molecule has 0 spiro atoms. The van der Waals surface area contributed by atoms with Gasteiger partial charge in [-0.2, -0.15) is 18.3 Å². The van der Waals surface area contributed by atoms with E-state index in [-0.39, 0.29) is 18.0 Å². The number of carbonyl (C=O) groups excluding carboxylic acids is 3. The molecular weight excluding hydrogens is 473 g/mol. The van der Waals surface area contributed by atoms with E-state index in [9.17, 15) is 37.7 Å². The van der Waals surface area contributed by atoms with Gasteiger partial charge in [-0.1, -0.05) is 18.2 Å². The van der Waals surface area contributed by atoms with Gasteiger partial charge in [-0.3, -0.25) is 24.5 Å². The number of hydrazone groups is 1.